The first-order chi connectivity index (χ1) is 8.45. The summed E-state index contributed by atoms with van der Waals surface area (Å²) in [6.45, 7) is 4.24. The molecule has 0 atom stereocenters. The van der Waals surface area contributed by atoms with E-state index in [2.05, 4.69) is 26.1 Å². The van der Waals surface area contributed by atoms with Crippen molar-refractivity contribution < 1.29 is 9.31 Å². The quantitative estimate of drug-likeness (QED) is 0.647. The van der Waals surface area contributed by atoms with E-state index in [0.717, 1.165) is 19.2 Å². The molecule has 7 heteroatoms. The summed E-state index contributed by atoms with van der Waals surface area (Å²) in [4.78, 5) is 12.3. The largest absolute Gasteiger partial charge is 0.378 e. The van der Waals surface area contributed by atoms with E-state index in [4.69, 9.17) is 0 Å². The van der Waals surface area contributed by atoms with E-state index in [9.17, 15) is 14.5 Å². The Morgan fingerprint density at radius 3 is 2.78 bits per heavy atom. The zero-order valence-electron chi connectivity index (χ0n) is 10.2. The summed E-state index contributed by atoms with van der Waals surface area (Å²) in [5.41, 5.74) is 0.0626. The molecule has 0 unspecified atom stereocenters. The van der Waals surface area contributed by atoms with Crippen LogP contribution < -0.4 is 5.32 Å². The molecule has 0 aliphatic rings. The normalized spacial score (nSPS) is 10.7. The summed E-state index contributed by atoms with van der Waals surface area (Å²) in [7, 11) is 1.96. The van der Waals surface area contributed by atoms with Crippen molar-refractivity contribution in [2.24, 2.45) is 0 Å². The van der Waals surface area contributed by atoms with Crippen LogP contribution >= 0.6 is 15.9 Å². The van der Waals surface area contributed by atoms with Crippen molar-refractivity contribution in [3.05, 3.63) is 32.5 Å². The summed E-state index contributed by atoms with van der Waals surface area (Å²) >= 11 is 3.02. The van der Waals surface area contributed by atoms with E-state index >= 15 is 0 Å². The third-order valence-electron chi connectivity index (χ3n) is 2.58. The van der Waals surface area contributed by atoms with Gasteiger partial charge in [-0.15, -0.1) is 0 Å². The van der Waals surface area contributed by atoms with Crippen LogP contribution in [0.25, 0.3) is 0 Å². The Bertz CT molecular complexity index is 443. The van der Waals surface area contributed by atoms with Crippen molar-refractivity contribution in [3.8, 4) is 0 Å². The minimum atomic E-state index is -0.641. The molecular formula is C11H15BrFN3O2. The Hall–Kier alpha value is -1.21. The first-order valence-electron chi connectivity index (χ1n) is 5.51. The van der Waals surface area contributed by atoms with Crippen LogP contribution in [0.1, 0.15) is 6.92 Å². The number of likely N-dealkylation sites (N-methyl/N-ethyl adjacent to an activating group) is 1. The number of nitrogens with zero attached hydrogens (tertiary/aromatic N) is 2. The smallest absolute Gasteiger partial charge is 0.295 e. The van der Waals surface area contributed by atoms with Gasteiger partial charge in [0.25, 0.3) is 5.69 Å². The lowest BCUT2D eigenvalue weighted by atomic mass is 10.2. The maximum absolute atomic E-state index is 13.2. The van der Waals surface area contributed by atoms with Gasteiger partial charge in [-0.05, 0) is 35.6 Å². The third-order valence-corrected chi connectivity index (χ3v) is 3.19. The number of nitro groups is 1. The average Bonchev–Trinajstić information content (AvgIpc) is 2.32. The van der Waals surface area contributed by atoms with Gasteiger partial charge < -0.3 is 10.2 Å². The number of rotatable bonds is 6. The standard InChI is InChI=1S/C11H15BrFN3O2/c1-3-15(2)5-4-14-10-6-8(12)9(13)7-11(10)16(17)18/h6-7,14H,3-5H2,1-2H3. The lowest BCUT2D eigenvalue weighted by Crippen LogP contribution is -2.24. The van der Waals surface area contributed by atoms with Crippen molar-refractivity contribution >= 4 is 27.3 Å². The van der Waals surface area contributed by atoms with Crippen LogP contribution in [0.2, 0.25) is 0 Å². The molecule has 0 spiro atoms. The molecule has 0 aromatic heterocycles. The predicted molar refractivity (Wildman–Crippen MR) is 72.4 cm³/mol. The lowest BCUT2D eigenvalue weighted by Gasteiger charge is -2.14. The number of anilines is 1. The molecule has 0 amide bonds. The molecule has 0 saturated heterocycles. The van der Waals surface area contributed by atoms with Crippen molar-refractivity contribution in [1.82, 2.24) is 4.90 Å². The molecule has 1 aromatic rings. The maximum atomic E-state index is 13.2. The highest BCUT2D eigenvalue weighted by Gasteiger charge is 2.17. The summed E-state index contributed by atoms with van der Waals surface area (Å²) < 4.78 is 13.4. The number of nitrogens with one attached hydrogen (secondary N) is 1. The zero-order valence-corrected chi connectivity index (χ0v) is 11.8. The Balaban J connectivity index is 2.80. The Labute approximate surface area is 113 Å². The SMILES string of the molecule is CCN(C)CCNc1cc(Br)c(F)cc1[N+](=O)[O-]. The molecule has 1 aromatic carbocycles. The van der Waals surface area contributed by atoms with Gasteiger partial charge >= 0.3 is 0 Å². The Morgan fingerprint density at radius 1 is 1.56 bits per heavy atom. The molecule has 1 N–H and O–H groups in total. The summed E-state index contributed by atoms with van der Waals surface area (Å²) in [5.74, 6) is -0.641. The van der Waals surface area contributed by atoms with Gasteiger partial charge in [-0.25, -0.2) is 4.39 Å². The van der Waals surface area contributed by atoms with E-state index in [1.165, 1.54) is 6.07 Å². The first kappa shape index (κ1) is 14.8. The monoisotopic (exact) mass is 319 g/mol. The first-order valence-corrected chi connectivity index (χ1v) is 6.30. The van der Waals surface area contributed by atoms with E-state index in [0.29, 0.717) is 12.2 Å². The topological polar surface area (TPSA) is 58.4 Å². The second-order valence-electron chi connectivity index (χ2n) is 3.86. The third kappa shape index (κ3) is 3.92. The molecule has 5 nitrogen and oxygen atoms in total. The second-order valence-corrected chi connectivity index (χ2v) is 4.72. The molecule has 100 valence electrons. The van der Waals surface area contributed by atoms with Crippen LogP contribution in [0, 0.1) is 15.9 Å². The number of hydrogen-bond acceptors (Lipinski definition) is 4. The molecule has 0 fully saturated rings. The molecular weight excluding hydrogens is 305 g/mol. The molecule has 0 bridgehead atoms. The van der Waals surface area contributed by atoms with Crippen LogP contribution in [-0.2, 0) is 0 Å². The minimum Gasteiger partial charge on any atom is -0.378 e. The molecule has 0 aliphatic carbocycles. The van der Waals surface area contributed by atoms with Crippen LogP contribution in [0.15, 0.2) is 16.6 Å². The highest BCUT2D eigenvalue weighted by atomic mass is 79.9. The van der Waals surface area contributed by atoms with E-state index in [-0.39, 0.29) is 10.2 Å². The number of benzene rings is 1. The summed E-state index contributed by atoms with van der Waals surface area (Å²) in [6.07, 6.45) is 0. The zero-order chi connectivity index (χ0) is 13.7. The van der Waals surface area contributed by atoms with E-state index < -0.39 is 10.7 Å². The highest BCUT2D eigenvalue weighted by Crippen LogP contribution is 2.30. The fourth-order valence-corrected chi connectivity index (χ4v) is 1.71. The van der Waals surface area contributed by atoms with Gasteiger partial charge in [0.1, 0.15) is 11.5 Å². The fraction of sp³-hybridized carbons (Fsp3) is 0.455. The predicted octanol–water partition coefficient (Wildman–Crippen LogP) is 2.86. The minimum absolute atomic E-state index is 0.208. The van der Waals surface area contributed by atoms with Gasteiger partial charge in [-0.3, -0.25) is 10.1 Å². The molecule has 0 aliphatic heterocycles. The summed E-state index contributed by atoms with van der Waals surface area (Å²) in [6, 6.07) is 2.30. The number of halogens is 2. The van der Waals surface area contributed by atoms with Crippen LogP contribution in [0.5, 0.6) is 0 Å². The van der Waals surface area contributed by atoms with Gasteiger partial charge in [0.05, 0.1) is 15.5 Å². The van der Waals surface area contributed by atoms with Crippen molar-refractivity contribution in [2.75, 3.05) is 32.0 Å². The lowest BCUT2D eigenvalue weighted by molar-refractivity contribution is -0.384. The van der Waals surface area contributed by atoms with Crippen molar-refractivity contribution in [1.29, 1.82) is 0 Å². The van der Waals surface area contributed by atoms with Crippen LogP contribution in [0.4, 0.5) is 15.8 Å². The van der Waals surface area contributed by atoms with Gasteiger partial charge in [0, 0.05) is 13.1 Å². The fourth-order valence-electron chi connectivity index (χ4n) is 1.37. The van der Waals surface area contributed by atoms with Gasteiger partial charge in [0.15, 0.2) is 0 Å². The van der Waals surface area contributed by atoms with Gasteiger partial charge in [-0.1, -0.05) is 6.92 Å². The summed E-state index contributed by atoms with van der Waals surface area (Å²) in [5, 5.41) is 13.8. The number of nitro benzene ring substituents is 1. The molecule has 0 heterocycles. The molecule has 0 saturated carbocycles. The number of hydrogen-bond donors (Lipinski definition) is 1. The maximum Gasteiger partial charge on any atom is 0.295 e. The second kappa shape index (κ2) is 6.65. The van der Waals surface area contributed by atoms with E-state index in [1.807, 2.05) is 14.0 Å². The molecule has 1 rings (SSSR count). The average molecular weight is 320 g/mol. The van der Waals surface area contributed by atoms with Gasteiger partial charge in [0.2, 0.25) is 0 Å². The van der Waals surface area contributed by atoms with Crippen molar-refractivity contribution in [3.63, 3.8) is 0 Å². The van der Waals surface area contributed by atoms with E-state index in [1.54, 1.807) is 0 Å². The molecule has 0 radical (unpaired) electrons. The molecule has 18 heavy (non-hydrogen) atoms. The Kier molecular flexibility index (Phi) is 5.49. The van der Waals surface area contributed by atoms with Crippen molar-refractivity contribution in [2.45, 2.75) is 6.92 Å². The Morgan fingerprint density at radius 2 is 2.22 bits per heavy atom. The highest BCUT2D eigenvalue weighted by molar-refractivity contribution is 9.10. The van der Waals surface area contributed by atoms with Crippen LogP contribution in [0.3, 0.4) is 0 Å². The van der Waals surface area contributed by atoms with Crippen LogP contribution in [-0.4, -0.2) is 36.5 Å². The van der Waals surface area contributed by atoms with Gasteiger partial charge in [-0.2, -0.15) is 0 Å².